The Labute approximate surface area is 159 Å². The minimum atomic E-state index is -2.52. The van der Waals surface area contributed by atoms with Crippen LogP contribution in [0.4, 0.5) is 14.5 Å². The van der Waals surface area contributed by atoms with Crippen LogP contribution in [0.5, 0.6) is 0 Å². The Morgan fingerprint density at radius 1 is 1.00 bits per heavy atom. The summed E-state index contributed by atoms with van der Waals surface area (Å²) in [5, 5.41) is 5.67. The third-order valence-electron chi connectivity index (χ3n) is 3.24. The van der Waals surface area contributed by atoms with Crippen LogP contribution in [0.25, 0.3) is 0 Å². The predicted octanol–water partition coefficient (Wildman–Crippen LogP) is 5.05. The van der Waals surface area contributed by atoms with Crippen molar-refractivity contribution in [3.05, 3.63) is 58.6 Å². The fraction of sp³-hybridized carbons (Fsp3) is 0.222. The molecule has 0 unspecified atom stereocenters. The van der Waals surface area contributed by atoms with Gasteiger partial charge in [0.25, 0.3) is 17.6 Å². The molecule has 26 heavy (non-hydrogen) atoms. The summed E-state index contributed by atoms with van der Waals surface area (Å²) in [4.78, 5) is 24.8. The number of carbonyl (C=O) groups excluding carboxylic acids is 2. The van der Waals surface area contributed by atoms with Crippen LogP contribution in [-0.2, 0) is 0 Å². The molecule has 0 fully saturated rings. The van der Waals surface area contributed by atoms with Crippen LogP contribution in [0.1, 0.15) is 34.6 Å². The number of anilines is 1. The highest BCUT2D eigenvalue weighted by molar-refractivity contribution is 7.99. The first-order valence-corrected chi connectivity index (χ1v) is 8.98. The van der Waals surface area contributed by atoms with E-state index in [1.807, 2.05) is 13.8 Å². The zero-order chi connectivity index (χ0) is 19.3. The molecule has 2 aromatic rings. The number of hydrogen-bond donors (Lipinski definition) is 2. The van der Waals surface area contributed by atoms with E-state index >= 15 is 0 Å². The second-order valence-electron chi connectivity index (χ2n) is 5.68. The smallest absolute Gasteiger partial charge is 0.288 e. The van der Waals surface area contributed by atoms with Crippen LogP contribution in [0.2, 0.25) is 5.02 Å². The molecule has 2 amide bonds. The molecule has 138 valence electrons. The molecule has 0 aliphatic heterocycles. The summed E-state index contributed by atoms with van der Waals surface area (Å²) in [5.41, 5.74) is 0.943. The standard InChI is InChI=1S/C18H17ClF2N2O2S/c1-10(2)22-17(25)12-5-8-14(19)15(9-12)23-16(24)11-3-6-13(7-4-11)26-18(20)21/h3-10,18H,1-2H3,(H,22,25)(H,23,24). The van der Waals surface area contributed by atoms with Crippen LogP contribution < -0.4 is 10.6 Å². The summed E-state index contributed by atoms with van der Waals surface area (Å²) in [6, 6.07) is 10.3. The first kappa shape index (κ1) is 20.2. The molecule has 0 radical (unpaired) electrons. The van der Waals surface area contributed by atoms with Gasteiger partial charge < -0.3 is 10.6 Å². The van der Waals surface area contributed by atoms with Crippen molar-refractivity contribution < 1.29 is 18.4 Å². The molecule has 0 spiro atoms. The summed E-state index contributed by atoms with van der Waals surface area (Å²) in [6.07, 6.45) is 0. The number of hydrogen-bond acceptors (Lipinski definition) is 3. The second-order valence-corrected chi connectivity index (χ2v) is 7.15. The predicted molar refractivity (Wildman–Crippen MR) is 100 cm³/mol. The number of alkyl halides is 2. The number of thioether (sulfide) groups is 1. The lowest BCUT2D eigenvalue weighted by molar-refractivity contribution is 0.0941. The largest absolute Gasteiger partial charge is 0.350 e. The number of halogens is 3. The lowest BCUT2D eigenvalue weighted by Crippen LogP contribution is -2.30. The Hall–Kier alpha value is -2.12. The van der Waals surface area contributed by atoms with Crippen molar-refractivity contribution >= 4 is 40.9 Å². The molecule has 0 heterocycles. The van der Waals surface area contributed by atoms with Gasteiger partial charge >= 0.3 is 0 Å². The van der Waals surface area contributed by atoms with Crippen molar-refractivity contribution in [1.82, 2.24) is 5.32 Å². The number of amides is 2. The van der Waals surface area contributed by atoms with E-state index in [2.05, 4.69) is 10.6 Å². The van der Waals surface area contributed by atoms with E-state index in [0.29, 0.717) is 27.9 Å². The molecule has 8 heteroatoms. The monoisotopic (exact) mass is 398 g/mol. The van der Waals surface area contributed by atoms with Crippen molar-refractivity contribution in [2.24, 2.45) is 0 Å². The van der Waals surface area contributed by atoms with E-state index in [4.69, 9.17) is 11.6 Å². The van der Waals surface area contributed by atoms with Gasteiger partial charge in [0.15, 0.2) is 0 Å². The molecule has 2 N–H and O–H groups in total. The van der Waals surface area contributed by atoms with E-state index in [0.717, 1.165) is 0 Å². The van der Waals surface area contributed by atoms with Gasteiger partial charge in [-0.1, -0.05) is 23.4 Å². The summed E-state index contributed by atoms with van der Waals surface area (Å²) in [7, 11) is 0. The Bertz CT molecular complexity index is 798. The zero-order valence-electron chi connectivity index (χ0n) is 14.1. The number of benzene rings is 2. The molecule has 0 aliphatic carbocycles. The van der Waals surface area contributed by atoms with Gasteiger partial charge in [0.2, 0.25) is 0 Å². The summed E-state index contributed by atoms with van der Waals surface area (Å²) in [6.45, 7) is 3.68. The first-order chi connectivity index (χ1) is 12.3. The van der Waals surface area contributed by atoms with E-state index in [9.17, 15) is 18.4 Å². The maximum absolute atomic E-state index is 12.3. The molecule has 2 aromatic carbocycles. The molecule has 0 aliphatic rings. The third kappa shape index (κ3) is 5.71. The lowest BCUT2D eigenvalue weighted by atomic mass is 10.1. The minimum absolute atomic E-state index is 0.0270. The van der Waals surface area contributed by atoms with Gasteiger partial charge in [0.1, 0.15) is 0 Å². The highest BCUT2D eigenvalue weighted by Crippen LogP contribution is 2.26. The van der Waals surface area contributed by atoms with E-state index < -0.39 is 11.7 Å². The highest BCUT2D eigenvalue weighted by Gasteiger charge is 2.13. The van der Waals surface area contributed by atoms with Crippen molar-refractivity contribution in [3.8, 4) is 0 Å². The van der Waals surface area contributed by atoms with Gasteiger partial charge in [-0.25, -0.2) is 0 Å². The van der Waals surface area contributed by atoms with Crippen LogP contribution in [-0.4, -0.2) is 23.6 Å². The number of rotatable bonds is 6. The summed E-state index contributed by atoms with van der Waals surface area (Å²) < 4.78 is 24.7. The fourth-order valence-electron chi connectivity index (χ4n) is 2.09. The zero-order valence-corrected chi connectivity index (χ0v) is 15.6. The van der Waals surface area contributed by atoms with Crippen molar-refractivity contribution in [2.45, 2.75) is 30.5 Å². The molecule has 2 rings (SSSR count). The molecular formula is C18H17ClF2N2O2S. The Kier molecular flexibility index (Phi) is 6.99. The Morgan fingerprint density at radius 2 is 1.62 bits per heavy atom. The topological polar surface area (TPSA) is 58.2 Å². The Morgan fingerprint density at radius 3 is 2.19 bits per heavy atom. The van der Waals surface area contributed by atoms with Gasteiger partial charge in [-0.05, 0) is 56.3 Å². The first-order valence-electron chi connectivity index (χ1n) is 7.73. The van der Waals surface area contributed by atoms with Crippen LogP contribution in [0.3, 0.4) is 0 Å². The number of nitrogens with one attached hydrogen (secondary N) is 2. The highest BCUT2D eigenvalue weighted by atomic mass is 35.5. The molecule has 0 saturated carbocycles. The lowest BCUT2D eigenvalue weighted by Gasteiger charge is -2.12. The van der Waals surface area contributed by atoms with E-state index in [-0.39, 0.29) is 22.5 Å². The maximum Gasteiger partial charge on any atom is 0.288 e. The second kappa shape index (κ2) is 9.00. The van der Waals surface area contributed by atoms with Crippen LogP contribution in [0.15, 0.2) is 47.4 Å². The van der Waals surface area contributed by atoms with Crippen LogP contribution in [0, 0.1) is 0 Å². The molecule has 4 nitrogen and oxygen atoms in total. The maximum atomic E-state index is 12.3. The summed E-state index contributed by atoms with van der Waals surface area (Å²) in [5.74, 6) is -3.25. The van der Waals surface area contributed by atoms with Crippen LogP contribution >= 0.6 is 23.4 Å². The van der Waals surface area contributed by atoms with Gasteiger partial charge in [-0.2, -0.15) is 8.78 Å². The van der Waals surface area contributed by atoms with Crippen molar-refractivity contribution in [1.29, 1.82) is 0 Å². The average Bonchev–Trinajstić information content (AvgIpc) is 2.56. The average molecular weight is 399 g/mol. The minimum Gasteiger partial charge on any atom is -0.350 e. The van der Waals surface area contributed by atoms with Crippen molar-refractivity contribution in [2.75, 3.05) is 5.32 Å². The quantitative estimate of drug-likeness (QED) is 0.670. The SMILES string of the molecule is CC(C)NC(=O)c1ccc(Cl)c(NC(=O)c2ccc(SC(F)F)cc2)c1. The van der Waals surface area contributed by atoms with Crippen molar-refractivity contribution in [3.63, 3.8) is 0 Å². The fourth-order valence-corrected chi connectivity index (χ4v) is 2.75. The van der Waals surface area contributed by atoms with Gasteiger partial charge in [0.05, 0.1) is 10.7 Å². The molecule has 0 bridgehead atoms. The van der Waals surface area contributed by atoms with Gasteiger partial charge in [0, 0.05) is 22.1 Å². The molecular weight excluding hydrogens is 382 g/mol. The normalized spacial score (nSPS) is 10.9. The third-order valence-corrected chi connectivity index (χ3v) is 4.29. The molecule has 0 aromatic heterocycles. The van der Waals surface area contributed by atoms with Gasteiger partial charge in [-0.15, -0.1) is 0 Å². The van der Waals surface area contributed by atoms with Gasteiger partial charge in [-0.3, -0.25) is 9.59 Å². The van der Waals surface area contributed by atoms with E-state index in [1.165, 1.54) is 36.4 Å². The summed E-state index contributed by atoms with van der Waals surface area (Å²) >= 11 is 6.49. The number of carbonyl (C=O) groups is 2. The molecule has 0 atom stereocenters. The van der Waals surface area contributed by atoms with E-state index in [1.54, 1.807) is 6.07 Å². The molecule has 0 saturated heterocycles. The Balaban J connectivity index is 2.14.